The molecule has 1 N–H and O–H groups in total. The number of ether oxygens (including phenoxy) is 1. The van der Waals surface area contributed by atoms with Crippen LogP contribution in [0.1, 0.15) is 35.7 Å². The number of halogens is 3. The number of unbranched alkanes of at least 4 members (excludes halogenated alkanes) is 1. The van der Waals surface area contributed by atoms with E-state index in [-0.39, 0.29) is 31.2 Å². The number of nitrogens with zero attached hydrogens (tertiary/aromatic N) is 4. The lowest BCUT2D eigenvalue weighted by Gasteiger charge is -2.35. The minimum Gasteiger partial charge on any atom is -0.372 e. The summed E-state index contributed by atoms with van der Waals surface area (Å²) < 4.78 is 45.0. The van der Waals surface area contributed by atoms with Gasteiger partial charge in [-0.2, -0.15) is 13.2 Å². The highest BCUT2D eigenvalue weighted by molar-refractivity contribution is 5.96. The standard InChI is InChI=1S/C22H26F3N5O3/c1-2-3-14-33-15-20(31)26-18-8-9-19(28-27-18)29-10-12-30(13-11-29)21(32)16-6-4-5-7-17(16)22(23,24)25/h4-9H,2-3,10-15H2,1H3,(H,26,27,31). The van der Waals surface area contributed by atoms with Crippen molar-refractivity contribution >= 4 is 23.5 Å². The van der Waals surface area contributed by atoms with Gasteiger partial charge in [0.25, 0.3) is 11.8 Å². The van der Waals surface area contributed by atoms with Crippen LogP contribution >= 0.6 is 0 Å². The second-order valence-corrected chi connectivity index (χ2v) is 7.55. The molecule has 1 aromatic heterocycles. The lowest BCUT2D eigenvalue weighted by molar-refractivity contribution is -0.138. The second-order valence-electron chi connectivity index (χ2n) is 7.55. The van der Waals surface area contributed by atoms with Crippen LogP contribution in [0.5, 0.6) is 0 Å². The van der Waals surface area contributed by atoms with E-state index < -0.39 is 17.6 Å². The second kappa shape index (κ2) is 11.1. The summed E-state index contributed by atoms with van der Waals surface area (Å²) in [6.07, 6.45) is -2.73. The molecule has 1 aromatic carbocycles. The van der Waals surface area contributed by atoms with Gasteiger partial charge in [-0.05, 0) is 30.7 Å². The molecule has 0 unspecified atom stereocenters. The number of anilines is 2. The highest BCUT2D eigenvalue weighted by Crippen LogP contribution is 2.32. The zero-order chi connectivity index (χ0) is 23.8. The zero-order valence-electron chi connectivity index (χ0n) is 18.3. The molecule has 2 aromatic rings. The summed E-state index contributed by atoms with van der Waals surface area (Å²) in [6.45, 7) is 3.78. The van der Waals surface area contributed by atoms with Gasteiger partial charge in [0.15, 0.2) is 11.6 Å². The number of hydrogen-bond donors (Lipinski definition) is 1. The summed E-state index contributed by atoms with van der Waals surface area (Å²) in [5.74, 6) is -0.123. The highest BCUT2D eigenvalue weighted by atomic mass is 19.4. The first-order valence-electron chi connectivity index (χ1n) is 10.7. The summed E-state index contributed by atoms with van der Waals surface area (Å²) in [7, 11) is 0. The normalized spacial score (nSPS) is 14.3. The fraction of sp³-hybridized carbons (Fsp3) is 0.455. The Morgan fingerprint density at radius 1 is 1.06 bits per heavy atom. The topological polar surface area (TPSA) is 87.7 Å². The molecule has 2 amide bonds. The average Bonchev–Trinajstić information content (AvgIpc) is 2.81. The number of benzene rings is 1. The minimum atomic E-state index is -4.59. The van der Waals surface area contributed by atoms with E-state index in [4.69, 9.17) is 4.74 Å². The van der Waals surface area contributed by atoms with Crippen LogP contribution in [0, 0.1) is 0 Å². The number of carbonyl (C=O) groups excluding carboxylic acids is 2. The molecule has 8 nitrogen and oxygen atoms in total. The van der Waals surface area contributed by atoms with E-state index in [1.807, 2.05) is 11.8 Å². The molecule has 1 fully saturated rings. The number of rotatable bonds is 8. The fourth-order valence-electron chi connectivity index (χ4n) is 3.38. The van der Waals surface area contributed by atoms with Crippen LogP contribution in [0.15, 0.2) is 36.4 Å². The molecule has 1 aliphatic heterocycles. The van der Waals surface area contributed by atoms with Crippen LogP contribution in [-0.2, 0) is 15.7 Å². The predicted molar refractivity (Wildman–Crippen MR) is 116 cm³/mol. The third-order valence-corrected chi connectivity index (χ3v) is 5.15. The Morgan fingerprint density at radius 3 is 2.42 bits per heavy atom. The van der Waals surface area contributed by atoms with Crippen molar-refractivity contribution in [3.8, 4) is 0 Å². The molecular weight excluding hydrogens is 439 g/mol. The maximum atomic E-state index is 13.2. The molecule has 33 heavy (non-hydrogen) atoms. The van der Waals surface area contributed by atoms with Crippen LogP contribution in [0.4, 0.5) is 24.8 Å². The molecule has 3 rings (SSSR count). The van der Waals surface area contributed by atoms with Crippen molar-refractivity contribution in [3.05, 3.63) is 47.5 Å². The fourth-order valence-corrected chi connectivity index (χ4v) is 3.38. The predicted octanol–water partition coefficient (Wildman–Crippen LogP) is 3.21. The molecule has 178 valence electrons. The van der Waals surface area contributed by atoms with Crippen LogP contribution in [0.25, 0.3) is 0 Å². The Hall–Kier alpha value is -3.21. The van der Waals surface area contributed by atoms with E-state index in [0.29, 0.717) is 31.3 Å². The van der Waals surface area contributed by atoms with Crippen molar-refractivity contribution in [2.75, 3.05) is 49.6 Å². The molecule has 1 aliphatic rings. The molecule has 0 atom stereocenters. The largest absolute Gasteiger partial charge is 0.417 e. The zero-order valence-corrected chi connectivity index (χ0v) is 18.3. The van der Waals surface area contributed by atoms with Gasteiger partial charge in [-0.15, -0.1) is 10.2 Å². The van der Waals surface area contributed by atoms with Gasteiger partial charge < -0.3 is 19.9 Å². The third-order valence-electron chi connectivity index (χ3n) is 5.15. The molecule has 2 heterocycles. The number of piperazine rings is 1. The molecule has 0 radical (unpaired) electrons. The van der Waals surface area contributed by atoms with Crippen molar-refractivity contribution in [1.29, 1.82) is 0 Å². The van der Waals surface area contributed by atoms with Crippen LogP contribution in [0.3, 0.4) is 0 Å². The molecular formula is C22H26F3N5O3. The van der Waals surface area contributed by atoms with E-state index >= 15 is 0 Å². The summed E-state index contributed by atoms with van der Waals surface area (Å²) in [5.41, 5.74) is -1.28. The number of alkyl halides is 3. The lowest BCUT2D eigenvalue weighted by atomic mass is 10.1. The molecule has 11 heteroatoms. The molecule has 1 saturated heterocycles. The first-order chi connectivity index (χ1) is 15.8. The van der Waals surface area contributed by atoms with Crippen LogP contribution in [0.2, 0.25) is 0 Å². The van der Waals surface area contributed by atoms with Gasteiger partial charge >= 0.3 is 6.18 Å². The van der Waals surface area contributed by atoms with Gasteiger partial charge in [0.1, 0.15) is 6.61 Å². The van der Waals surface area contributed by atoms with Gasteiger partial charge in [-0.1, -0.05) is 25.5 Å². The Bertz CT molecular complexity index is 945. The summed E-state index contributed by atoms with van der Waals surface area (Å²) in [4.78, 5) is 27.8. The number of carbonyl (C=O) groups is 2. The number of nitrogens with one attached hydrogen (secondary N) is 1. The summed E-state index contributed by atoms with van der Waals surface area (Å²) in [5, 5.41) is 10.7. The number of amides is 2. The quantitative estimate of drug-likeness (QED) is 0.603. The molecule has 0 saturated carbocycles. The summed E-state index contributed by atoms with van der Waals surface area (Å²) in [6, 6.07) is 8.11. The van der Waals surface area contributed by atoms with Gasteiger partial charge in [0.05, 0.1) is 11.1 Å². The van der Waals surface area contributed by atoms with Crippen molar-refractivity contribution in [2.24, 2.45) is 0 Å². The van der Waals surface area contributed by atoms with Gasteiger partial charge in [0.2, 0.25) is 0 Å². The number of hydrogen-bond acceptors (Lipinski definition) is 6. The van der Waals surface area contributed by atoms with Gasteiger partial charge in [-0.3, -0.25) is 9.59 Å². The summed E-state index contributed by atoms with van der Waals surface area (Å²) >= 11 is 0. The smallest absolute Gasteiger partial charge is 0.372 e. The Kier molecular flexibility index (Phi) is 8.21. The van der Waals surface area contributed by atoms with Crippen molar-refractivity contribution < 1.29 is 27.5 Å². The third kappa shape index (κ3) is 6.64. The molecule has 0 bridgehead atoms. The SMILES string of the molecule is CCCCOCC(=O)Nc1ccc(N2CCN(C(=O)c3ccccc3C(F)(F)F)CC2)nn1. The van der Waals surface area contributed by atoms with Gasteiger partial charge in [0, 0.05) is 32.8 Å². The Labute approximate surface area is 189 Å². The maximum absolute atomic E-state index is 13.2. The van der Waals surface area contributed by atoms with E-state index in [2.05, 4.69) is 15.5 Å². The van der Waals surface area contributed by atoms with Crippen molar-refractivity contribution in [1.82, 2.24) is 15.1 Å². The van der Waals surface area contributed by atoms with Crippen molar-refractivity contribution in [2.45, 2.75) is 25.9 Å². The molecule has 0 aliphatic carbocycles. The van der Waals surface area contributed by atoms with Crippen LogP contribution in [-0.4, -0.2) is 66.3 Å². The first-order valence-corrected chi connectivity index (χ1v) is 10.7. The minimum absolute atomic E-state index is 0.0586. The lowest BCUT2D eigenvalue weighted by Crippen LogP contribution is -2.49. The monoisotopic (exact) mass is 465 g/mol. The number of aromatic nitrogens is 2. The van der Waals surface area contributed by atoms with E-state index in [0.717, 1.165) is 18.9 Å². The Balaban J connectivity index is 1.53. The van der Waals surface area contributed by atoms with E-state index in [9.17, 15) is 22.8 Å². The van der Waals surface area contributed by atoms with Crippen molar-refractivity contribution in [3.63, 3.8) is 0 Å². The Morgan fingerprint density at radius 2 is 1.79 bits per heavy atom. The van der Waals surface area contributed by atoms with E-state index in [1.165, 1.54) is 23.1 Å². The van der Waals surface area contributed by atoms with Crippen LogP contribution < -0.4 is 10.2 Å². The molecule has 0 spiro atoms. The highest BCUT2D eigenvalue weighted by Gasteiger charge is 2.36. The van der Waals surface area contributed by atoms with E-state index in [1.54, 1.807) is 12.1 Å². The average molecular weight is 465 g/mol. The maximum Gasteiger partial charge on any atom is 0.417 e. The van der Waals surface area contributed by atoms with Gasteiger partial charge in [-0.25, -0.2) is 0 Å². The first kappa shape index (κ1) is 24.4.